The van der Waals surface area contributed by atoms with Crippen molar-refractivity contribution in [3.63, 3.8) is 0 Å². The number of aromatic hydroxyl groups is 1. The highest BCUT2D eigenvalue weighted by atomic mass is 16.3. The van der Waals surface area contributed by atoms with Gasteiger partial charge >= 0.3 is 0 Å². The molecule has 1 heterocycles. The van der Waals surface area contributed by atoms with Crippen molar-refractivity contribution in [2.45, 2.75) is 13.0 Å². The number of phenolic OH excluding ortho intramolecular Hbond substituents is 1. The Morgan fingerprint density at radius 2 is 1.90 bits per heavy atom. The summed E-state index contributed by atoms with van der Waals surface area (Å²) in [6, 6.07) is 16.0. The minimum Gasteiger partial charge on any atom is -0.508 e. The Labute approximate surface area is 118 Å². The number of hydrogen-bond acceptors (Lipinski definition) is 2. The zero-order valence-corrected chi connectivity index (χ0v) is 11.3. The van der Waals surface area contributed by atoms with Crippen LogP contribution in [-0.4, -0.2) is 16.2 Å². The molecule has 0 spiro atoms. The van der Waals surface area contributed by atoms with Crippen LogP contribution in [0, 0.1) is 0 Å². The Hall–Kier alpha value is -2.26. The second-order valence-corrected chi connectivity index (χ2v) is 5.05. The van der Waals surface area contributed by atoms with Gasteiger partial charge in [-0.05, 0) is 53.7 Å². The van der Waals surface area contributed by atoms with Crippen molar-refractivity contribution >= 4 is 10.9 Å². The van der Waals surface area contributed by atoms with Gasteiger partial charge < -0.3 is 15.4 Å². The Bertz CT molecular complexity index is 731. The van der Waals surface area contributed by atoms with Gasteiger partial charge in [-0.15, -0.1) is 0 Å². The van der Waals surface area contributed by atoms with Gasteiger partial charge in [0.2, 0.25) is 0 Å². The van der Waals surface area contributed by atoms with Crippen molar-refractivity contribution < 1.29 is 5.11 Å². The number of nitrogens with zero attached hydrogens (tertiary/aromatic N) is 1. The highest BCUT2D eigenvalue weighted by molar-refractivity contribution is 5.81. The standard InChI is InChI=1S/C17H18N2O/c18-8-6-13-4-5-15-7-9-19(17(15)11-13)12-14-2-1-3-16(20)10-14/h1-5,7,9-11,20H,6,8,12,18H2. The van der Waals surface area contributed by atoms with Crippen LogP contribution in [0.4, 0.5) is 0 Å². The van der Waals surface area contributed by atoms with Crippen LogP contribution in [0.25, 0.3) is 10.9 Å². The molecule has 0 saturated carbocycles. The van der Waals surface area contributed by atoms with E-state index in [9.17, 15) is 5.11 Å². The highest BCUT2D eigenvalue weighted by Gasteiger charge is 2.04. The maximum atomic E-state index is 9.55. The summed E-state index contributed by atoms with van der Waals surface area (Å²) in [4.78, 5) is 0. The van der Waals surface area contributed by atoms with Gasteiger partial charge in [0, 0.05) is 18.3 Å². The van der Waals surface area contributed by atoms with Gasteiger partial charge in [0.05, 0.1) is 0 Å². The van der Waals surface area contributed by atoms with Crippen LogP contribution in [0.3, 0.4) is 0 Å². The molecule has 0 aliphatic rings. The molecule has 0 atom stereocenters. The number of benzene rings is 2. The normalized spacial score (nSPS) is 11.1. The van der Waals surface area contributed by atoms with E-state index < -0.39 is 0 Å². The first kappa shape index (κ1) is 12.8. The van der Waals surface area contributed by atoms with Crippen molar-refractivity contribution in [3.05, 3.63) is 65.9 Å². The van der Waals surface area contributed by atoms with Crippen LogP contribution < -0.4 is 5.73 Å². The van der Waals surface area contributed by atoms with Crippen molar-refractivity contribution in [1.29, 1.82) is 0 Å². The average Bonchev–Trinajstić information content (AvgIpc) is 2.82. The van der Waals surface area contributed by atoms with Gasteiger partial charge in [0.1, 0.15) is 5.75 Å². The van der Waals surface area contributed by atoms with E-state index in [1.165, 1.54) is 16.5 Å². The number of aromatic nitrogens is 1. The van der Waals surface area contributed by atoms with E-state index in [4.69, 9.17) is 5.73 Å². The summed E-state index contributed by atoms with van der Waals surface area (Å²) in [5.74, 6) is 0.308. The van der Waals surface area contributed by atoms with Crippen molar-refractivity contribution in [2.24, 2.45) is 5.73 Å². The largest absolute Gasteiger partial charge is 0.508 e. The highest BCUT2D eigenvalue weighted by Crippen LogP contribution is 2.20. The number of fused-ring (bicyclic) bond motifs is 1. The van der Waals surface area contributed by atoms with E-state index in [2.05, 4.69) is 35.0 Å². The summed E-state index contributed by atoms with van der Waals surface area (Å²) in [6.07, 6.45) is 2.98. The minimum atomic E-state index is 0.308. The maximum absolute atomic E-state index is 9.55. The lowest BCUT2D eigenvalue weighted by Crippen LogP contribution is -2.03. The molecule has 0 bridgehead atoms. The molecule has 3 nitrogen and oxygen atoms in total. The molecule has 0 fully saturated rings. The first-order chi connectivity index (χ1) is 9.76. The predicted octanol–water partition coefficient (Wildman–Crippen LogP) is 2.90. The lowest BCUT2D eigenvalue weighted by atomic mass is 10.1. The quantitative estimate of drug-likeness (QED) is 0.763. The zero-order chi connectivity index (χ0) is 13.9. The fourth-order valence-corrected chi connectivity index (χ4v) is 2.54. The Morgan fingerprint density at radius 1 is 1.00 bits per heavy atom. The lowest BCUT2D eigenvalue weighted by molar-refractivity contribution is 0.474. The minimum absolute atomic E-state index is 0.308. The molecule has 3 rings (SSSR count). The SMILES string of the molecule is NCCc1ccc2ccn(Cc3cccc(O)c3)c2c1. The third-order valence-electron chi connectivity index (χ3n) is 3.53. The molecular weight excluding hydrogens is 248 g/mol. The molecule has 0 saturated heterocycles. The van der Waals surface area contributed by atoms with Crippen LogP contribution >= 0.6 is 0 Å². The van der Waals surface area contributed by atoms with Gasteiger partial charge in [-0.3, -0.25) is 0 Å². The van der Waals surface area contributed by atoms with Gasteiger partial charge in [-0.2, -0.15) is 0 Å². The Balaban J connectivity index is 1.96. The smallest absolute Gasteiger partial charge is 0.115 e. The van der Waals surface area contributed by atoms with E-state index in [1.54, 1.807) is 12.1 Å². The summed E-state index contributed by atoms with van der Waals surface area (Å²) in [5, 5.41) is 10.8. The van der Waals surface area contributed by atoms with Gasteiger partial charge in [-0.1, -0.05) is 24.3 Å². The van der Waals surface area contributed by atoms with Crippen molar-refractivity contribution in [3.8, 4) is 5.75 Å². The molecule has 102 valence electrons. The van der Waals surface area contributed by atoms with E-state index in [1.807, 2.05) is 12.1 Å². The number of rotatable bonds is 4. The van der Waals surface area contributed by atoms with Crippen LogP contribution in [0.2, 0.25) is 0 Å². The number of phenols is 1. The lowest BCUT2D eigenvalue weighted by Gasteiger charge is -2.07. The fraction of sp³-hybridized carbons (Fsp3) is 0.176. The molecule has 0 aliphatic heterocycles. The van der Waals surface area contributed by atoms with E-state index in [-0.39, 0.29) is 0 Å². The second kappa shape index (κ2) is 5.39. The zero-order valence-electron chi connectivity index (χ0n) is 11.3. The van der Waals surface area contributed by atoms with Crippen molar-refractivity contribution in [2.75, 3.05) is 6.54 Å². The second-order valence-electron chi connectivity index (χ2n) is 5.05. The monoisotopic (exact) mass is 266 g/mol. The van der Waals surface area contributed by atoms with E-state index >= 15 is 0 Å². The van der Waals surface area contributed by atoms with Crippen LogP contribution in [0.15, 0.2) is 54.7 Å². The first-order valence-corrected chi connectivity index (χ1v) is 6.82. The molecule has 1 aromatic heterocycles. The molecule has 0 radical (unpaired) electrons. The van der Waals surface area contributed by atoms with E-state index in [0.29, 0.717) is 12.3 Å². The number of hydrogen-bond donors (Lipinski definition) is 2. The summed E-state index contributed by atoms with van der Waals surface area (Å²) in [6.45, 7) is 1.42. The maximum Gasteiger partial charge on any atom is 0.115 e. The Morgan fingerprint density at radius 3 is 2.70 bits per heavy atom. The number of nitrogens with two attached hydrogens (primary N) is 1. The molecule has 2 aromatic carbocycles. The molecule has 3 aromatic rings. The predicted molar refractivity (Wildman–Crippen MR) is 81.9 cm³/mol. The summed E-state index contributed by atoms with van der Waals surface area (Å²) in [5.41, 5.74) is 9.18. The summed E-state index contributed by atoms with van der Waals surface area (Å²) in [7, 11) is 0. The molecule has 3 heteroatoms. The summed E-state index contributed by atoms with van der Waals surface area (Å²) < 4.78 is 2.20. The molecule has 20 heavy (non-hydrogen) atoms. The molecule has 0 amide bonds. The first-order valence-electron chi connectivity index (χ1n) is 6.82. The van der Waals surface area contributed by atoms with Crippen LogP contribution in [-0.2, 0) is 13.0 Å². The molecule has 0 unspecified atom stereocenters. The Kier molecular flexibility index (Phi) is 3.44. The topological polar surface area (TPSA) is 51.2 Å². The van der Waals surface area contributed by atoms with Crippen LogP contribution in [0.5, 0.6) is 5.75 Å². The van der Waals surface area contributed by atoms with Crippen molar-refractivity contribution in [1.82, 2.24) is 4.57 Å². The molecule has 0 aliphatic carbocycles. The fourth-order valence-electron chi connectivity index (χ4n) is 2.54. The summed E-state index contributed by atoms with van der Waals surface area (Å²) >= 11 is 0. The van der Waals surface area contributed by atoms with E-state index in [0.717, 1.165) is 18.5 Å². The van der Waals surface area contributed by atoms with Gasteiger partial charge in [0.25, 0.3) is 0 Å². The molecule has 3 N–H and O–H groups in total. The molecular formula is C17H18N2O. The third-order valence-corrected chi connectivity index (χ3v) is 3.53. The van der Waals surface area contributed by atoms with Gasteiger partial charge in [0.15, 0.2) is 0 Å². The van der Waals surface area contributed by atoms with Gasteiger partial charge in [-0.25, -0.2) is 0 Å². The van der Waals surface area contributed by atoms with Crippen LogP contribution in [0.1, 0.15) is 11.1 Å². The third kappa shape index (κ3) is 2.53. The average molecular weight is 266 g/mol.